The lowest BCUT2D eigenvalue weighted by Gasteiger charge is -2.09. The average molecular weight is 307 g/mol. The summed E-state index contributed by atoms with van der Waals surface area (Å²) >= 11 is 3.37. The predicted octanol–water partition coefficient (Wildman–Crippen LogP) is 4.16. The lowest BCUT2D eigenvalue weighted by Crippen LogP contribution is -1.98. The van der Waals surface area contributed by atoms with Crippen molar-refractivity contribution in [2.24, 2.45) is 0 Å². The highest BCUT2D eigenvalue weighted by molar-refractivity contribution is 9.10. The fourth-order valence-corrected chi connectivity index (χ4v) is 2.06. The number of nitrogens with zero attached hydrogens (tertiary/aromatic N) is 2. The summed E-state index contributed by atoms with van der Waals surface area (Å²) in [5, 5.41) is 0. The van der Waals surface area contributed by atoms with Crippen LogP contribution in [0.25, 0.3) is 0 Å². The second kappa shape index (κ2) is 5.96. The Morgan fingerprint density at radius 1 is 1.11 bits per heavy atom. The molecule has 4 heteroatoms. The minimum atomic E-state index is 0.578. The van der Waals surface area contributed by atoms with Gasteiger partial charge in [0.05, 0.1) is 0 Å². The highest BCUT2D eigenvalue weighted by Gasteiger charge is 2.06. The molecule has 1 heterocycles. The molecule has 0 aliphatic heterocycles. The summed E-state index contributed by atoms with van der Waals surface area (Å²) in [5.74, 6) is 2.20. The monoisotopic (exact) mass is 306 g/mol. The van der Waals surface area contributed by atoms with Crippen molar-refractivity contribution < 1.29 is 4.74 Å². The second-order valence-corrected chi connectivity index (χ2v) is 4.67. The van der Waals surface area contributed by atoms with E-state index in [0.29, 0.717) is 5.88 Å². The van der Waals surface area contributed by atoms with Gasteiger partial charge in [-0.05, 0) is 34.0 Å². The van der Waals surface area contributed by atoms with Crippen molar-refractivity contribution in [1.29, 1.82) is 0 Å². The van der Waals surface area contributed by atoms with Gasteiger partial charge in [-0.15, -0.1) is 0 Å². The van der Waals surface area contributed by atoms with Crippen molar-refractivity contribution in [3.63, 3.8) is 0 Å². The molecule has 1 aromatic carbocycles. The van der Waals surface area contributed by atoms with E-state index >= 15 is 0 Å². The number of hydrogen-bond donors (Lipinski definition) is 0. The van der Waals surface area contributed by atoms with Crippen LogP contribution >= 0.6 is 15.9 Å². The van der Waals surface area contributed by atoms with Crippen LogP contribution in [-0.2, 0) is 12.8 Å². The Bertz CT molecular complexity index is 543. The Morgan fingerprint density at radius 3 is 2.61 bits per heavy atom. The quantitative estimate of drug-likeness (QED) is 0.796. The third-order valence-corrected chi connectivity index (χ3v) is 3.01. The van der Waals surface area contributed by atoms with Crippen LogP contribution in [0, 0.1) is 0 Å². The predicted molar refractivity (Wildman–Crippen MR) is 75.0 cm³/mol. The molecular formula is C14H15BrN2O. The molecule has 0 N–H and O–H groups in total. The number of rotatable bonds is 4. The molecule has 0 spiro atoms. The maximum atomic E-state index is 5.84. The van der Waals surface area contributed by atoms with Gasteiger partial charge in [0.2, 0.25) is 5.88 Å². The molecule has 3 nitrogen and oxygen atoms in total. The molecule has 0 fully saturated rings. The molecule has 0 saturated carbocycles. The molecule has 0 aliphatic rings. The van der Waals surface area contributed by atoms with Crippen molar-refractivity contribution in [2.45, 2.75) is 26.7 Å². The summed E-state index contributed by atoms with van der Waals surface area (Å²) in [4.78, 5) is 8.62. The Balaban J connectivity index is 2.30. The Labute approximate surface area is 115 Å². The molecule has 1 aromatic heterocycles. The summed E-state index contributed by atoms with van der Waals surface area (Å²) in [7, 11) is 0. The number of aromatic nitrogens is 2. The van der Waals surface area contributed by atoms with Gasteiger partial charge in [-0.25, -0.2) is 4.98 Å². The average Bonchev–Trinajstić information content (AvgIpc) is 2.38. The molecular weight excluding hydrogens is 292 g/mol. The molecule has 0 saturated heterocycles. The smallest absolute Gasteiger partial charge is 0.223 e. The third kappa shape index (κ3) is 3.07. The SMILES string of the molecule is CCc1nc(Br)cc(Oc2ccccc2CC)n1. The summed E-state index contributed by atoms with van der Waals surface area (Å²) in [6.45, 7) is 4.13. The van der Waals surface area contributed by atoms with Gasteiger partial charge in [-0.3, -0.25) is 0 Å². The van der Waals surface area contributed by atoms with Gasteiger partial charge in [-0.1, -0.05) is 32.0 Å². The van der Waals surface area contributed by atoms with Crippen LogP contribution in [0.1, 0.15) is 25.2 Å². The largest absolute Gasteiger partial charge is 0.439 e. The van der Waals surface area contributed by atoms with Crippen molar-refractivity contribution in [1.82, 2.24) is 9.97 Å². The zero-order valence-electron chi connectivity index (χ0n) is 10.5. The zero-order chi connectivity index (χ0) is 13.0. The van der Waals surface area contributed by atoms with Gasteiger partial charge in [0.1, 0.15) is 16.2 Å². The summed E-state index contributed by atoms with van der Waals surface area (Å²) in [6.07, 6.45) is 1.72. The van der Waals surface area contributed by atoms with E-state index in [1.54, 1.807) is 6.07 Å². The number of para-hydroxylation sites is 1. The van der Waals surface area contributed by atoms with Crippen LogP contribution in [-0.4, -0.2) is 9.97 Å². The molecule has 0 bridgehead atoms. The van der Waals surface area contributed by atoms with E-state index in [0.717, 1.165) is 29.0 Å². The number of ether oxygens (including phenoxy) is 1. The van der Waals surface area contributed by atoms with Crippen molar-refractivity contribution in [2.75, 3.05) is 0 Å². The third-order valence-electron chi connectivity index (χ3n) is 2.60. The number of hydrogen-bond acceptors (Lipinski definition) is 3. The Kier molecular flexibility index (Phi) is 4.31. The van der Waals surface area contributed by atoms with E-state index < -0.39 is 0 Å². The summed E-state index contributed by atoms with van der Waals surface area (Å²) < 4.78 is 6.59. The van der Waals surface area contributed by atoms with Crippen LogP contribution < -0.4 is 4.74 Å². The van der Waals surface area contributed by atoms with Gasteiger partial charge >= 0.3 is 0 Å². The molecule has 2 aromatic rings. The highest BCUT2D eigenvalue weighted by Crippen LogP contribution is 2.25. The standard InChI is InChI=1S/C14H15BrN2O/c1-3-10-7-5-6-8-11(10)18-14-9-12(15)16-13(4-2)17-14/h5-9H,3-4H2,1-2H3. The summed E-state index contributed by atoms with van der Waals surface area (Å²) in [5.41, 5.74) is 1.17. The summed E-state index contributed by atoms with van der Waals surface area (Å²) in [6, 6.07) is 9.78. The first-order chi connectivity index (χ1) is 8.72. The molecule has 0 atom stereocenters. The van der Waals surface area contributed by atoms with Gasteiger partial charge in [-0.2, -0.15) is 4.98 Å². The van der Waals surface area contributed by atoms with E-state index in [1.807, 2.05) is 25.1 Å². The molecule has 2 rings (SSSR count). The maximum absolute atomic E-state index is 5.84. The van der Waals surface area contributed by atoms with Crippen molar-refractivity contribution in [3.8, 4) is 11.6 Å². The zero-order valence-corrected chi connectivity index (χ0v) is 12.1. The van der Waals surface area contributed by atoms with Crippen LogP contribution in [0.15, 0.2) is 34.9 Å². The van der Waals surface area contributed by atoms with E-state index in [2.05, 4.69) is 38.9 Å². The van der Waals surface area contributed by atoms with Gasteiger partial charge in [0, 0.05) is 12.5 Å². The topological polar surface area (TPSA) is 35.0 Å². The van der Waals surface area contributed by atoms with Crippen molar-refractivity contribution >= 4 is 15.9 Å². The highest BCUT2D eigenvalue weighted by atomic mass is 79.9. The molecule has 0 radical (unpaired) electrons. The van der Waals surface area contributed by atoms with Crippen LogP contribution in [0.5, 0.6) is 11.6 Å². The lowest BCUT2D eigenvalue weighted by atomic mass is 10.1. The maximum Gasteiger partial charge on any atom is 0.223 e. The van der Waals surface area contributed by atoms with Crippen LogP contribution in [0.2, 0.25) is 0 Å². The van der Waals surface area contributed by atoms with E-state index in [1.165, 1.54) is 5.56 Å². The number of benzene rings is 1. The minimum absolute atomic E-state index is 0.578. The Morgan fingerprint density at radius 2 is 1.89 bits per heavy atom. The van der Waals surface area contributed by atoms with Crippen LogP contribution in [0.3, 0.4) is 0 Å². The number of aryl methyl sites for hydroxylation is 2. The normalized spacial score (nSPS) is 10.4. The van der Waals surface area contributed by atoms with Crippen molar-refractivity contribution in [3.05, 3.63) is 46.3 Å². The van der Waals surface area contributed by atoms with Gasteiger partial charge in [0.25, 0.3) is 0 Å². The molecule has 18 heavy (non-hydrogen) atoms. The van der Waals surface area contributed by atoms with Gasteiger partial charge < -0.3 is 4.74 Å². The molecule has 94 valence electrons. The Hall–Kier alpha value is -1.42. The van der Waals surface area contributed by atoms with Crippen LogP contribution in [0.4, 0.5) is 0 Å². The molecule has 0 aliphatic carbocycles. The molecule has 0 amide bonds. The number of halogens is 1. The fraction of sp³-hybridized carbons (Fsp3) is 0.286. The van der Waals surface area contributed by atoms with E-state index in [9.17, 15) is 0 Å². The first-order valence-electron chi connectivity index (χ1n) is 6.02. The minimum Gasteiger partial charge on any atom is -0.439 e. The van der Waals surface area contributed by atoms with E-state index in [-0.39, 0.29) is 0 Å². The first kappa shape index (κ1) is 13.0. The van der Waals surface area contributed by atoms with E-state index in [4.69, 9.17) is 4.74 Å². The van der Waals surface area contributed by atoms with Gasteiger partial charge in [0.15, 0.2) is 0 Å². The first-order valence-corrected chi connectivity index (χ1v) is 6.81. The second-order valence-electron chi connectivity index (χ2n) is 3.86. The fourth-order valence-electron chi connectivity index (χ4n) is 1.66. The lowest BCUT2D eigenvalue weighted by molar-refractivity contribution is 0.453. The molecule has 0 unspecified atom stereocenters.